The summed E-state index contributed by atoms with van der Waals surface area (Å²) in [5.41, 5.74) is 2.51. The summed E-state index contributed by atoms with van der Waals surface area (Å²) in [6, 6.07) is 10.8. The molecule has 1 aromatic heterocycles. The van der Waals surface area contributed by atoms with Gasteiger partial charge in [-0.2, -0.15) is 0 Å². The van der Waals surface area contributed by atoms with Crippen molar-refractivity contribution in [1.29, 1.82) is 0 Å². The molecule has 1 saturated carbocycles. The van der Waals surface area contributed by atoms with Crippen molar-refractivity contribution in [2.75, 3.05) is 7.05 Å². The van der Waals surface area contributed by atoms with Gasteiger partial charge in [0.15, 0.2) is 0 Å². The fraction of sp³-hybridized carbons (Fsp3) is 0.560. The number of nitrogens with one attached hydrogen (secondary N) is 2. The summed E-state index contributed by atoms with van der Waals surface area (Å²) in [7, 11) is 1.60. The van der Waals surface area contributed by atoms with E-state index in [2.05, 4.69) is 44.5 Å². The second kappa shape index (κ2) is 11.7. The number of aromatic amines is 1. The summed E-state index contributed by atoms with van der Waals surface area (Å²) in [4.78, 5) is 31.7. The molecule has 0 spiro atoms. The van der Waals surface area contributed by atoms with Gasteiger partial charge in [-0.3, -0.25) is 9.59 Å². The average Bonchev–Trinajstić information content (AvgIpc) is 3.40. The lowest BCUT2D eigenvalue weighted by Gasteiger charge is -2.33. The topological polar surface area (TPSA) is 78.1 Å². The molecule has 0 unspecified atom stereocenters. The van der Waals surface area contributed by atoms with Crippen molar-refractivity contribution in [2.45, 2.75) is 70.9 Å². The monoisotopic (exact) mass is 424 g/mol. The molecule has 1 aliphatic carbocycles. The lowest BCUT2D eigenvalue weighted by Crippen LogP contribution is -2.34. The van der Waals surface area contributed by atoms with Gasteiger partial charge in [0.05, 0.1) is 6.33 Å². The molecule has 0 radical (unpaired) electrons. The number of H-pyrrole nitrogens is 1. The molecule has 1 aromatic carbocycles. The predicted molar refractivity (Wildman–Crippen MR) is 122 cm³/mol. The van der Waals surface area contributed by atoms with Crippen LogP contribution in [-0.2, 0) is 22.6 Å². The lowest BCUT2D eigenvalue weighted by atomic mass is 9.76. The molecule has 2 N–H and O–H groups in total. The van der Waals surface area contributed by atoms with Crippen LogP contribution in [-0.4, -0.2) is 39.8 Å². The zero-order valence-corrected chi connectivity index (χ0v) is 18.8. The Morgan fingerprint density at radius 2 is 1.94 bits per heavy atom. The Bertz CT molecular complexity index is 806. The van der Waals surface area contributed by atoms with Gasteiger partial charge in [0.2, 0.25) is 11.8 Å². The van der Waals surface area contributed by atoms with E-state index < -0.39 is 0 Å². The Morgan fingerprint density at radius 3 is 2.61 bits per heavy atom. The van der Waals surface area contributed by atoms with Crippen molar-refractivity contribution in [3.8, 4) is 0 Å². The van der Waals surface area contributed by atoms with Crippen LogP contribution in [0.25, 0.3) is 0 Å². The van der Waals surface area contributed by atoms with Gasteiger partial charge in [-0.05, 0) is 43.1 Å². The fourth-order valence-corrected chi connectivity index (χ4v) is 4.93. The summed E-state index contributed by atoms with van der Waals surface area (Å²) in [5.74, 6) is 1.85. The molecule has 2 fully saturated rings. The molecule has 0 bridgehead atoms. The Labute approximate surface area is 185 Å². The summed E-state index contributed by atoms with van der Waals surface area (Å²) in [6.45, 7) is 2.24. The minimum atomic E-state index is 0.00463. The number of hydrogen-bond acceptors (Lipinski definition) is 3. The molecule has 6 heteroatoms. The number of amides is 2. The van der Waals surface area contributed by atoms with Crippen LogP contribution >= 0.6 is 0 Å². The lowest BCUT2D eigenvalue weighted by molar-refractivity contribution is -0.129. The highest BCUT2D eigenvalue weighted by Crippen LogP contribution is 2.36. The molecule has 2 aliphatic rings. The van der Waals surface area contributed by atoms with Crippen molar-refractivity contribution in [2.24, 2.45) is 11.8 Å². The Balaban J connectivity index is 0.000000491. The van der Waals surface area contributed by atoms with Gasteiger partial charge >= 0.3 is 0 Å². The van der Waals surface area contributed by atoms with Crippen LogP contribution in [0.15, 0.2) is 42.9 Å². The van der Waals surface area contributed by atoms with Crippen molar-refractivity contribution in [3.05, 3.63) is 54.1 Å². The number of likely N-dealkylation sites (tertiary alicyclic amines) is 1. The quantitative estimate of drug-likeness (QED) is 0.733. The molecule has 2 amide bonds. The first-order valence-electron chi connectivity index (χ1n) is 11.5. The molecule has 3 atom stereocenters. The standard InChI is InChI=1S/C22H29N3O.C3H7NO/c26-22-10-9-21(25(22)15-17-5-2-1-3-6-17)13-19-8-4-7-18(11-19)12-20-14-23-16-24-20;1-3(5)4-2/h1-3,5-6,14,16,18-19,21H,4,7-13,15H2,(H,23,24);1-2H3,(H,4,5)/t18-,19+,21+;/m1./s1. The Kier molecular flexibility index (Phi) is 8.68. The third-order valence-electron chi connectivity index (χ3n) is 6.56. The molecule has 2 heterocycles. The van der Waals surface area contributed by atoms with Gasteiger partial charge in [-0.25, -0.2) is 4.98 Å². The number of rotatable bonds is 6. The minimum Gasteiger partial charge on any atom is -0.359 e. The molecular formula is C25H36N4O2. The second-order valence-corrected chi connectivity index (χ2v) is 8.92. The van der Waals surface area contributed by atoms with Gasteiger partial charge in [0.25, 0.3) is 0 Å². The van der Waals surface area contributed by atoms with Crippen LogP contribution in [0.1, 0.15) is 63.1 Å². The first-order chi connectivity index (χ1) is 15.0. The first-order valence-corrected chi connectivity index (χ1v) is 11.5. The average molecular weight is 425 g/mol. The van der Waals surface area contributed by atoms with E-state index in [-0.39, 0.29) is 5.91 Å². The van der Waals surface area contributed by atoms with Crippen molar-refractivity contribution in [3.63, 3.8) is 0 Å². The largest absolute Gasteiger partial charge is 0.359 e. The highest BCUT2D eigenvalue weighted by atomic mass is 16.2. The Hall–Kier alpha value is -2.63. The number of nitrogens with zero attached hydrogens (tertiary/aromatic N) is 2. The van der Waals surface area contributed by atoms with Gasteiger partial charge in [0, 0.05) is 44.9 Å². The Morgan fingerprint density at radius 1 is 1.19 bits per heavy atom. The zero-order chi connectivity index (χ0) is 22.1. The van der Waals surface area contributed by atoms with Crippen LogP contribution in [0.2, 0.25) is 0 Å². The van der Waals surface area contributed by atoms with E-state index in [4.69, 9.17) is 0 Å². The third kappa shape index (κ3) is 7.23. The van der Waals surface area contributed by atoms with E-state index in [0.717, 1.165) is 37.6 Å². The summed E-state index contributed by atoms with van der Waals surface area (Å²) < 4.78 is 0. The van der Waals surface area contributed by atoms with E-state index in [1.165, 1.54) is 50.3 Å². The summed E-state index contributed by atoms with van der Waals surface area (Å²) in [5, 5.41) is 2.39. The fourth-order valence-electron chi connectivity index (χ4n) is 4.93. The number of aromatic nitrogens is 2. The summed E-state index contributed by atoms with van der Waals surface area (Å²) >= 11 is 0. The zero-order valence-electron chi connectivity index (χ0n) is 18.8. The maximum Gasteiger partial charge on any atom is 0.223 e. The molecular weight excluding hydrogens is 388 g/mol. The SMILES string of the molecule is CNC(C)=O.O=C1CC[C@@H](C[C@H]2CCC[C@@H](Cc3cnc[nH]3)C2)N1Cc1ccccc1. The number of imidazole rings is 1. The van der Waals surface area contributed by atoms with Gasteiger partial charge < -0.3 is 15.2 Å². The second-order valence-electron chi connectivity index (χ2n) is 8.92. The maximum absolute atomic E-state index is 12.4. The van der Waals surface area contributed by atoms with Gasteiger partial charge in [-0.15, -0.1) is 0 Å². The number of benzene rings is 1. The third-order valence-corrected chi connectivity index (χ3v) is 6.56. The van der Waals surface area contributed by atoms with Crippen LogP contribution in [0.5, 0.6) is 0 Å². The molecule has 4 rings (SSSR count). The smallest absolute Gasteiger partial charge is 0.223 e. The van der Waals surface area contributed by atoms with Crippen molar-refractivity contribution >= 4 is 11.8 Å². The number of hydrogen-bond donors (Lipinski definition) is 2. The van der Waals surface area contributed by atoms with E-state index in [1.807, 2.05) is 12.3 Å². The van der Waals surface area contributed by atoms with Crippen LogP contribution in [0.3, 0.4) is 0 Å². The summed E-state index contributed by atoms with van der Waals surface area (Å²) in [6.07, 6.45) is 13.1. The number of carbonyl (C=O) groups excluding carboxylic acids is 2. The molecule has 6 nitrogen and oxygen atoms in total. The van der Waals surface area contributed by atoms with Crippen LogP contribution < -0.4 is 5.32 Å². The van der Waals surface area contributed by atoms with Crippen LogP contribution in [0.4, 0.5) is 0 Å². The number of carbonyl (C=O) groups is 2. The molecule has 168 valence electrons. The molecule has 2 aromatic rings. The van der Waals surface area contributed by atoms with Crippen LogP contribution in [0, 0.1) is 11.8 Å². The van der Waals surface area contributed by atoms with Crippen molar-refractivity contribution in [1.82, 2.24) is 20.2 Å². The predicted octanol–water partition coefficient (Wildman–Crippen LogP) is 4.09. The van der Waals surface area contributed by atoms with E-state index in [0.29, 0.717) is 11.9 Å². The normalized spacial score (nSPS) is 23.2. The van der Waals surface area contributed by atoms with Gasteiger partial charge in [-0.1, -0.05) is 49.6 Å². The maximum atomic E-state index is 12.4. The van der Waals surface area contributed by atoms with Crippen molar-refractivity contribution < 1.29 is 9.59 Å². The van der Waals surface area contributed by atoms with E-state index in [9.17, 15) is 9.59 Å². The van der Waals surface area contributed by atoms with E-state index >= 15 is 0 Å². The highest BCUT2D eigenvalue weighted by molar-refractivity contribution is 5.78. The minimum absolute atomic E-state index is 0.00463. The molecule has 31 heavy (non-hydrogen) atoms. The molecule has 1 saturated heterocycles. The highest BCUT2D eigenvalue weighted by Gasteiger charge is 2.34. The first kappa shape index (κ1) is 23.0. The molecule has 1 aliphatic heterocycles. The van der Waals surface area contributed by atoms with Gasteiger partial charge in [0.1, 0.15) is 0 Å². The van der Waals surface area contributed by atoms with E-state index in [1.54, 1.807) is 13.4 Å².